The quantitative estimate of drug-likeness (QED) is 0.159. The normalized spacial score (nSPS) is 15.8. The average Bonchev–Trinajstić information content (AvgIpc) is 2.60. The molecule has 1 amide bonds. The third-order valence-corrected chi connectivity index (χ3v) is 4.26. The topological polar surface area (TPSA) is 69.2 Å². The van der Waals surface area contributed by atoms with Crippen LogP contribution in [0.3, 0.4) is 0 Å². The van der Waals surface area contributed by atoms with Crippen molar-refractivity contribution in [1.82, 2.24) is 20.4 Å². The number of likely N-dealkylation sites (tertiary alicyclic amines) is 1. The zero-order chi connectivity index (χ0) is 19.4. The maximum atomic E-state index is 11.8. The van der Waals surface area contributed by atoms with Crippen molar-refractivity contribution >= 4 is 35.8 Å². The van der Waals surface area contributed by atoms with Gasteiger partial charge in [0.25, 0.3) is 0 Å². The summed E-state index contributed by atoms with van der Waals surface area (Å²) in [5.41, 5.74) is 1.21. The minimum atomic E-state index is -0.00306. The molecule has 158 valence electrons. The lowest BCUT2D eigenvalue weighted by Gasteiger charge is -2.33. The van der Waals surface area contributed by atoms with Gasteiger partial charge in [-0.05, 0) is 33.1 Å². The Morgan fingerprint density at radius 3 is 2.56 bits per heavy atom. The lowest BCUT2D eigenvalue weighted by Crippen LogP contribution is -2.49. The summed E-state index contributed by atoms with van der Waals surface area (Å²) in [6, 6.07) is 0.379. The largest absolute Gasteiger partial charge is 0.382 e. The lowest BCUT2D eigenvalue weighted by molar-refractivity contribution is -0.127. The molecule has 0 saturated carbocycles. The summed E-state index contributed by atoms with van der Waals surface area (Å²) in [6.07, 6.45) is 3.04. The molecule has 7 nitrogen and oxygen atoms in total. The third kappa shape index (κ3) is 12.2. The van der Waals surface area contributed by atoms with E-state index in [1.807, 2.05) is 6.92 Å². The van der Waals surface area contributed by atoms with Crippen LogP contribution in [-0.2, 0) is 9.53 Å². The molecule has 1 rings (SSSR count). The van der Waals surface area contributed by atoms with Crippen LogP contribution in [-0.4, -0.2) is 87.7 Å². The fourth-order valence-electron chi connectivity index (χ4n) is 2.78. The van der Waals surface area contributed by atoms with Gasteiger partial charge in [-0.1, -0.05) is 12.2 Å². The first kappa shape index (κ1) is 26.1. The Morgan fingerprint density at radius 2 is 2.00 bits per heavy atom. The molecule has 0 unspecified atom stereocenters. The number of nitrogens with zero attached hydrogens (tertiary/aromatic N) is 3. The highest BCUT2D eigenvalue weighted by Crippen LogP contribution is 2.11. The van der Waals surface area contributed by atoms with Gasteiger partial charge in [0.15, 0.2) is 5.96 Å². The first-order chi connectivity index (χ1) is 12.4. The van der Waals surface area contributed by atoms with Crippen molar-refractivity contribution in [2.45, 2.75) is 39.2 Å². The van der Waals surface area contributed by atoms with Crippen molar-refractivity contribution in [3.63, 3.8) is 0 Å². The number of nitrogens with one attached hydrogen (secondary N) is 2. The number of guanidine groups is 1. The number of likely N-dealkylation sites (N-methyl/N-ethyl adjacent to an activating group) is 1. The van der Waals surface area contributed by atoms with Crippen LogP contribution in [0.4, 0.5) is 0 Å². The molecule has 1 aliphatic heterocycles. The van der Waals surface area contributed by atoms with Gasteiger partial charge in [0, 0.05) is 59.5 Å². The van der Waals surface area contributed by atoms with Crippen molar-refractivity contribution in [3.8, 4) is 0 Å². The van der Waals surface area contributed by atoms with Crippen LogP contribution in [0.5, 0.6) is 0 Å². The summed E-state index contributed by atoms with van der Waals surface area (Å²) < 4.78 is 5.36. The van der Waals surface area contributed by atoms with Crippen molar-refractivity contribution < 1.29 is 9.53 Å². The Kier molecular flexibility index (Phi) is 14.6. The molecule has 0 spiro atoms. The number of rotatable bonds is 10. The monoisotopic (exact) mass is 495 g/mol. The Balaban J connectivity index is 0.00000676. The zero-order valence-corrected chi connectivity index (χ0v) is 19.8. The van der Waals surface area contributed by atoms with Crippen molar-refractivity contribution in [2.75, 3.05) is 60.0 Å². The molecule has 0 aromatic rings. The van der Waals surface area contributed by atoms with Gasteiger partial charge in [-0.3, -0.25) is 9.69 Å². The fraction of sp³-hybridized carbons (Fsp3) is 0.789. The van der Waals surface area contributed by atoms with Gasteiger partial charge in [-0.2, -0.15) is 0 Å². The molecular weight excluding hydrogens is 457 g/mol. The van der Waals surface area contributed by atoms with Crippen LogP contribution in [0.25, 0.3) is 0 Å². The Morgan fingerprint density at radius 1 is 1.33 bits per heavy atom. The van der Waals surface area contributed by atoms with Crippen LogP contribution in [0, 0.1) is 0 Å². The first-order valence-corrected chi connectivity index (χ1v) is 9.61. The Hall–Kier alpha value is -0.870. The summed E-state index contributed by atoms with van der Waals surface area (Å²) >= 11 is 0. The molecule has 0 aromatic heterocycles. The van der Waals surface area contributed by atoms with Crippen molar-refractivity contribution in [1.29, 1.82) is 0 Å². The molecule has 0 bridgehead atoms. The lowest BCUT2D eigenvalue weighted by atomic mass is 10.0. The Labute approximate surface area is 182 Å². The number of halogens is 1. The summed E-state index contributed by atoms with van der Waals surface area (Å²) in [5.74, 6) is 0.715. The van der Waals surface area contributed by atoms with E-state index in [9.17, 15) is 4.79 Å². The van der Waals surface area contributed by atoms with E-state index in [2.05, 4.69) is 34.0 Å². The highest BCUT2D eigenvalue weighted by atomic mass is 127. The van der Waals surface area contributed by atoms with E-state index in [-0.39, 0.29) is 36.4 Å². The molecule has 2 N–H and O–H groups in total. The second kappa shape index (κ2) is 15.1. The van der Waals surface area contributed by atoms with Crippen LogP contribution in [0.2, 0.25) is 0 Å². The summed E-state index contributed by atoms with van der Waals surface area (Å²) in [4.78, 5) is 20.3. The fourth-order valence-corrected chi connectivity index (χ4v) is 2.78. The van der Waals surface area contributed by atoms with Crippen LogP contribution in [0.15, 0.2) is 17.1 Å². The molecule has 0 atom stereocenters. The summed E-state index contributed by atoms with van der Waals surface area (Å²) in [5, 5.41) is 6.82. The second-order valence-electron chi connectivity index (χ2n) is 7.08. The maximum Gasteiger partial charge on any atom is 0.243 e. The Bertz CT molecular complexity index is 463. The highest BCUT2D eigenvalue weighted by Gasteiger charge is 2.20. The van der Waals surface area contributed by atoms with Crippen LogP contribution in [0.1, 0.15) is 33.1 Å². The number of piperidine rings is 1. The molecule has 1 heterocycles. The SMILES string of the molecule is C=C(C)CN1CCC(NC(=NCC(=O)N(C)C)NCCCOCC)CC1.I. The molecule has 27 heavy (non-hydrogen) atoms. The van der Waals surface area contributed by atoms with Gasteiger partial charge in [0.2, 0.25) is 5.91 Å². The number of carbonyl (C=O) groups is 1. The summed E-state index contributed by atoms with van der Waals surface area (Å²) in [7, 11) is 3.50. The molecule has 1 aliphatic rings. The van der Waals surface area contributed by atoms with Crippen molar-refractivity contribution in [3.05, 3.63) is 12.2 Å². The maximum absolute atomic E-state index is 11.8. The van der Waals surface area contributed by atoms with Gasteiger partial charge in [-0.15, -0.1) is 24.0 Å². The minimum absolute atomic E-state index is 0. The zero-order valence-electron chi connectivity index (χ0n) is 17.4. The van der Waals surface area contributed by atoms with E-state index in [1.54, 1.807) is 19.0 Å². The number of amides is 1. The van der Waals surface area contributed by atoms with Gasteiger partial charge >= 0.3 is 0 Å². The molecule has 0 aromatic carbocycles. The smallest absolute Gasteiger partial charge is 0.243 e. The predicted octanol–water partition coefficient (Wildman–Crippen LogP) is 1.69. The molecule has 0 aliphatic carbocycles. The number of hydrogen-bond acceptors (Lipinski definition) is 4. The van der Waals surface area contributed by atoms with Crippen LogP contribution >= 0.6 is 24.0 Å². The van der Waals surface area contributed by atoms with E-state index in [0.29, 0.717) is 6.04 Å². The van der Waals surface area contributed by atoms with Crippen molar-refractivity contribution in [2.24, 2.45) is 4.99 Å². The summed E-state index contributed by atoms with van der Waals surface area (Å²) in [6.45, 7) is 13.5. The predicted molar refractivity (Wildman–Crippen MR) is 123 cm³/mol. The average molecular weight is 495 g/mol. The van der Waals surface area contributed by atoms with Gasteiger partial charge < -0.3 is 20.3 Å². The third-order valence-electron chi connectivity index (χ3n) is 4.26. The van der Waals surface area contributed by atoms with E-state index >= 15 is 0 Å². The number of ether oxygens (including phenoxy) is 1. The molecule has 8 heteroatoms. The van der Waals surface area contributed by atoms with E-state index in [4.69, 9.17) is 4.74 Å². The standard InChI is InChI=1S/C19H37N5O2.HI/c1-6-26-13-7-10-20-19(21-14-18(25)23(4)5)22-17-8-11-24(12-9-17)15-16(2)3;/h17H,2,6-15H2,1,3-5H3,(H2,20,21,22);1H. The van der Waals surface area contributed by atoms with Crippen LogP contribution < -0.4 is 10.6 Å². The molecular formula is C19H38IN5O2. The van der Waals surface area contributed by atoms with Gasteiger partial charge in [0.05, 0.1) is 0 Å². The number of aliphatic imine (C=N–C) groups is 1. The molecule has 1 saturated heterocycles. The van der Waals surface area contributed by atoms with Gasteiger partial charge in [-0.25, -0.2) is 4.99 Å². The van der Waals surface area contributed by atoms with Gasteiger partial charge in [0.1, 0.15) is 6.54 Å². The second-order valence-corrected chi connectivity index (χ2v) is 7.08. The van der Waals surface area contributed by atoms with E-state index in [1.165, 1.54) is 5.57 Å². The van der Waals surface area contributed by atoms with E-state index < -0.39 is 0 Å². The van der Waals surface area contributed by atoms with E-state index in [0.717, 1.165) is 64.6 Å². The molecule has 0 radical (unpaired) electrons. The minimum Gasteiger partial charge on any atom is -0.382 e. The highest BCUT2D eigenvalue weighted by molar-refractivity contribution is 14.0. The number of carbonyl (C=O) groups excluding carboxylic acids is 1. The first-order valence-electron chi connectivity index (χ1n) is 9.61. The molecule has 1 fully saturated rings. The number of hydrogen-bond donors (Lipinski definition) is 2.